The van der Waals surface area contributed by atoms with Gasteiger partial charge in [-0.2, -0.15) is 5.10 Å². The molecular formula is C23H28N4O2. The van der Waals surface area contributed by atoms with E-state index in [0.717, 1.165) is 33.8 Å². The molecule has 0 spiro atoms. The number of aromatic nitrogens is 2. The van der Waals surface area contributed by atoms with Crippen LogP contribution >= 0.6 is 0 Å². The Balaban J connectivity index is 1.60. The first kappa shape index (κ1) is 20.5. The lowest BCUT2D eigenvalue weighted by molar-refractivity contribution is 0.130. The lowest BCUT2D eigenvalue weighted by Gasteiger charge is -2.10. The Morgan fingerprint density at radius 3 is 2.48 bits per heavy atom. The molecule has 6 heteroatoms. The standard InChI is InChI=1S/C23H28N4O2/c1-16(2)29-22-10-8-19(9-11-22)15-28-26-23(24)21-7-5-6-20(13-21)14-27-18(4)12-17(3)25-27/h5-13,16H,14-15H2,1-4H3,(H2,24,26). The maximum atomic E-state index is 6.12. The summed E-state index contributed by atoms with van der Waals surface area (Å²) in [6, 6.07) is 17.8. The van der Waals surface area contributed by atoms with E-state index >= 15 is 0 Å². The highest BCUT2D eigenvalue weighted by Gasteiger charge is 2.05. The molecule has 0 bridgehead atoms. The van der Waals surface area contributed by atoms with Crippen molar-refractivity contribution in [3.8, 4) is 5.75 Å². The Labute approximate surface area is 171 Å². The van der Waals surface area contributed by atoms with Crippen LogP contribution in [0.3, 0.4) is 0 Å². The second-order valence-corrected chi connectivity index (χ2v) is 7.35. The summed E-state index contributed by atoms with van der Waals surface area (Å²) in [6.45, 7) is 9.07. The number of rotatable bonds is 8. The van der Waals surface area contributed by atoms with E-state index in [-0.39, 0.29) is 6.10 Å². The molecular weight excluding hydrogens is 364 g/mol. The lowest BCUT2D eigenvalue weighted by Crippen LogP contribution is -2.14. The maximum Gasteiger partial charge on any atom is 0.170 e. The zero-order valence-corrected chi connectivity index (χ0v) is 17.4. The molecule has 0 atom stereocenters. The molecule has 0 saturated carbocycles. The summed E-state index contributed by atoms with van der Waals surface area (Å²) in [6.07, 6.45) is 0.151. The second-order valence-electron chi connectivity index (χ2n) is 7.35. The number of hydrogen-bond donors (Lipinski definition) is 1. The van der Waals surface area contributed by atoms with Gasteiger partial charge in [0.1, 0.15) is 12.4 Å². The van der Waals surface area contributed by atoms with Crippen LogP contribution in [0.4, 0.5) is 0 Å². The predicted molar refractivity (Wildman–Crippen MR) is 115 cm³/mol. The quantitative estimate of drug-likeness (QED) is 0.355. The summed E-state index contributed by atoms with van der Waals surface area (Å²) >= 11 is 0. The molecule has 1 heterocycles. The van der Waals surface area contributed by atoms with Crippen molar-refractivity contribution >= 4 is 5.84 Å². The molecule has 3 rings (SSSR count). The Kier molecular flexibility index (Phi) is 6.54. The van der Waals surface area contributed by atoms with Crippen LogP contribution in [-0.2, 0) is 18.0 Å². The highest BCUT2D eigenvalue weighted by molar-refractivity contribution is 5.97. The third-order valence-electron chi connectivity index (χ3n) is 4.35. The fourth-order valence-corrected chi connectivity index (χ4v) is 3.00. The van der Waals surface area contributed by atoms with Gasteiger partial charge < -0.3 is 15.3 Å². The maximum absolute atomic E-state index is 6.12. The Bertz CT molecular complexity index is 975. The van der Waals surface area contributed by atoms with Crippen LogP contribution < -0.4 is 10.5 Å². The van der Waals surface area contributed by atoms with E-state index in [1.54, 1.807) is 0 Å². The van der Waals surface area contributed by atoms with Gasteiger partial charge in [-0.15, -0.1) is 0 Å². The largest absolute Gasteiger partial charge is 0.491 e. The molecule has 2 aromatic carbocycles. The zero-order valence-electron chi connectivity index (χ0n) is 17.4. The average Bonchev–Trinajstić information content (AvgIpc) is 2.99. The van der Waals surface area contributed by atoms with Crippen LogP contribution in [0.25, 0.3) is 0 Å². The molecule has 152 valence electrons. The summed E-state index contributed by atoms with van der Waals surface area (Å²) in [4.78, 5) is 5.44. The van der Waals surface area contributed by atoms with E-state index in [0.29, 0.717) is 19.0 Å². The summed E-state index contributed by atoms with van der Waals surface area (Å²) in [5, 5.41) is 8.58. The highest BCUT2D eigenvalue weighted by Crippen LogP contribution is 2.15. The molecule has 1 aromatic heterocycles. The first-order chi connectivity index (χ1) is 13.9. The molecule has 0 radical (unpaired) electrons. The van der Waals surface area contributed by atoms with Crippen LogP contribution in [-0.4, -0.2) is 21.7 Å². The van der Waals surface area contributed by atoms with Crippen molar-refractivity contribution in [2.24, 2.45) is 10.9 Å². The van der Waals surface area contributed by atoms with E-state index in [4.69, 9.17) is 15.3 Å². The smallest absolute Gasteiger partial charge is 0.170 e. The molecule has 29 heavy (non-hydrogen) atoms. The Morgan fingerprint density at radius 2 is 1.83 bits per heavy atom. The van der Waals surface area contributed by atoms with Crippen LogP contribution in [0.2, 0.25) is 0 Å². The molecule has 0 amide bonds. The minimum atomic E-state index is 0.151. The van der Waals surface area contributed by atoms with Crippen LogP contribution in [0.5, 0.6) is 5.75 Å². The van der Waals surface area contributed by atoms with Gasteiger partial charge in [0.15, 0.2) is 5.84 Å². The van der Waals surface area contributed by atoms with Gasteiger partial charge in [0.05, 0.1) is 18.3 Å². The summed E-state index contributed by atoms with van der Waals surface area (Å²) in [5.41, 5.74) is 11.2. The second kappa shape index (κ2) is 9.28. The van der Waals surface area contributed by atoms with Crippen molar-refractivity contribution < 1.29 is 9.57 Å². The fourth-order valence-electron chi connectivity index (χ4n) is 3.00. The van der Waals surface area contributed by atoms with Crippen molar-refractivity contribution in [2.45, 2.75) is 47.0 Å². The number of amidine groups is 1. The summed E-state index contributed by atoms with van der Waals surface area (Å²) < 4.78 is 7.61. The third-order valence-corrected chi connectivity index (χ3v) is 4.35. The van der Waals surface area contributed by atoms with Crippen molar-refractivity contribution in [3.05, 3.63) is 82.7 Å². The third kappa shape index (κ3) is 5.85. The van der Waals surface area contributed by atoms with Crippen molar-refractivity contribution in [2.75, 3.05) is 0 Å². The Morgan fingerprint density at radius 1 is 1.07 bits per heavy atom. The monoisotopic (exact) mass is 392 g/mol. The van der Waals surface area contributed by atoms with Gasteiger partial charge in [-0.1, -0.05) is 35.5 Å². The lowest BCUT2D eigenvalue weighted by atomic mass is 10.1. The van der Waals surface area contributed by atoms with Crippen LogP contribution in [0.1, 0.15) is 41.9 Å². The summed E-state index contributed by atoms with van der Waals surface area (Å²) in [5.74, 6) is 1.19. The van der Waals surface area contributed by atoms with Gasteiger partial charge in [-0.3, -0.25) is 4.68 Å². The van der Waals surface area contributed by atoms with Crippen molar-refractivity contribution in [1.29, 1.82) is 0 Å². The van der Waals surface area contributed by atoms with Gasteiger partial charge in [0.25, 0.3) is 0 Å². The number of hydrogen-bond acceptors (Lipinski definition) is 4. The van der Waals surface area contributed by atoms with Gasteiger partial charge in [-0.25, -0.2) is 0 Å². The van der Waals surface area contributed by atoms with Crippen molar-refractivity contribution in [3.63, 3.8) is 0 Å². The first-order valence-corrected chi connectivity index (χ1v) is 9.72. The molecule has 0 unspecified atom stereocenters. The summed E-state index contributed by atoms with van der Waals surface area (Å²) in [7, 11) is 0. The van der Waals surface area contributed by atoms with Crippen LogP contribution in [0.15, 0.2) is 59.8 Å². The molecule has 0 saturated heterocycles. The van der Waals surface area contributed by atoms with Crippen molar-refractivity contribution in [1.82, 2.24) is 9.78 Å². The predicted octanol–water partition coefficient (Wildman–Crippen LogP) is 4.17. The molecule has 0 aliphatic rings. The van der Waals surface area contributed by atoms with E-state index in [2.05, 4.69) is 29.3 Å². The molecule has 0 fully saturated rings. The molecule has 3 aromatic rings. The van der Waals surface area contributed by atoms with E-state index in [9.17, 15) is 0 Å². The van der Waals surface area contributed by atoms with Crippen LogP contribution in [0, 0.1) is 13.8 Å². The highest BCUT2D eigenvalue weighted by atomic mass is 16.6. The molecule has 6 nitrogen and oxygen atoms in total. The average molecular weight is 393 g/mol. The molecule has 0 aliphatic heterocycles. The minimum absolute atomic E-state index is 0.151. The number of ether oxygens (including phenoxy) is 1. The molecule has 2 N–H and O–H groups in total. The molecule has 0 aliphatic carbocycles. The van der Waals surface area contributed by atoms with Gasteiger partial charge in [0, 0.05) is 11.3 Å². The number of oxime groups is 1. The number of nitrogens with zero attached hydrogens (tertiary/aromatic N) is 3. The number of benzene rings is 2. The van der Waals surface area contributed by atoms with E-state index in [1.165, 1.54) is 0 Å². The topological polar surface area (TPSA) is 74.7 Å². The van der Waals surface area contributed by atoms with E-state index < -0.39 is 0 Å². The van der Waals surface area contributed by atoms with Gasteiger partial charge >= 0.3 is 0 Å². The SMILES string of the molecule is Cc1cc(C)n(Cc2cccc(/C(N)=N\OCc3ccc(OC(C)C)cc3)c2)n1. The fraction of sp³-hybridized carbons (Fsp3) is 0.304. The Hall–Kier alpha value is -3.28. The van der Waals surface area contributed by atoms with Gasteiger partial charge in [0.2, 0.25) is 0 Å². The minimum Gasteiger partial charge on any atom is -0.491 e. The number of nitrogens with two attached hydrogens (primary N) is 1. The van der Waals surface area contributed by atoms with E-state index in [1.807, 2.05) is 67.9 Å². The van der Waals surface area contributed by atoms with Gasteiger partial charge in [-0.05, 0) is 63.1 Å². The zero-order chi connectivity index (χ0) is 20.8. The normalized spacial score (nSPS) is 11.7. The number of aryl methyl sites for hydroxylation is 2. The first-order valence-electron chi connectivity index (χ1n) is 9.72.